The zero-order chi connectivity index (χ0) is 12.4. The maximum atomic E-state index is 9.66. The lowest BCUT2D eigenvalue weighted by Gasteiger charge is -2.18. The van der Waals surface area contributed by atoms with Crippen LogP contribution in [0.1, 0.15) is 33.6 Å². The van der Waals surface area contributed by atoms with Crippen LogP contribution in [0.5, 0.6) is 0 Å². The van der Waals surface area contributed by atoms with Gasteiger partial charge in [-0.1, -0.05) is 13.3 Å². The Kier molecular flexibility index (Phi) is 9.92. The predicted octanol–water partition coefficient (Wildman–Crippen LogP) is 1.18. The van der Waals surface area contributed by atoms with Crippen LogP contribution in [0.2, 0.25) is 0 Å². The monoisotopic (exact) mass is 233 g/mol. The Hall–Kier alpha value is -0.160. The highest BCUT2D eigenvalue weighted by atomic mass is 16.5. The average Bonchev–Trinajstić information content (AvgIpc) is 2.24. The quantitative estimate of drug-likeness (QED) is 0.595. The number of hydrogen-bond acceptors (Lipinski definition) is 4. The first-order valence-corrected chi connectivity index (χ1v) is 6.12. The van der Waals surface area contributed by atoms with Gasteiger partial charge in [0.2, 0.25) is 0 Å². The zero-order valence-corrected chi connectivity index (χ0v) is 11.0. The first-order valence-electron chi connectivity index (χ1n) is 6.12. The van der Waals surface area contributed by atoms with E-state index in [1.54, 1.807) is 7.11 Å². The summed E-state index contributed by atoms with van der Waals surface area (Å²) in [6.07, 6.45) is 1.88. The summed E-state index contributed by atoms with van der Waals surface area (Å²) in [4.78, 5) is 0. The summed E-state index contributed by atoms with van der Waals surface area (Å²) >= 11 is 0. The Morgan fingerprint density at radius 2 is 1.94 bits per heavy atom. The van der Waals surface area contributed by atoms with Crippen molar-refractivity contribution in [2.24, 2.45) is 0 Å². The van der Waals surface area contributed by atoms with E-state index in [-0.39, 0.29) is 6.10 Å². The number of hydrogen-bond donors (Lipinski definition) is 2. The van der Waals surface area contributed by atoms with Crippen LogP contribution in [0, 0.1) is 0 Å². The van der Waals surface area contributed by atoms with E-state index >= 15 is 0 Å². The van der Waals surface area contributed by atoms with Crippen molar-refractivity contribution in [2.45, 2.75) is 51.9 Å². The van der Waals surface area contributed by atoms with Crippen molar-refractivity contribution in [1.29, 1.82) is 0 Å². The summed E-state index contributed by atoms with van der Waals surface area (Å²) in [6.45, 7) is 7.72. The standard InChI is InChI=1S/C12H27NO3/c1-5-6-10(2)13-7-12(14)9-16-11(3)8-15-4/h10-14H,5-9H2,1-4H3. The normalized spacial score (nSPS) is 17.1. The Bertz CT molecular complexity index is 139. The van der Waals surface area contributed by atoms with E-state index in [4.69, 9.17) is 9.47 Å². The highest BCUT2D eigenvalue weighted by Gasteiger charge is 2.09. The number of nitrogens with one attached hydrogen (secondary N) is 1. The van der Waals surface area contributed by atoms with E-state index < -0.39 is 6.10 Å². The molecule has 0 aliphatic rings. The minimum atomic E-state index is -0.446. The molecule has 0 aromatic rings. The minimum Gasteiger partial charge on any atom is -0.389 e. The van der Waals surface area contributed by atoms with Gasteiger partial charge in [-0.15, -0.1) is 0 Å². The molecule has 0 bridgehead atoms. The Morgan fingerprint density at radius 3 is 2.50 bits per heavy atom. The number of aliphatic hydroxyl groups is 1. The smallest absolute Gasteiger partial charge is 0.0897 e. The van der Waals surface area contributed by atoms with E-state index in [9.17, 15) is 5.11 Å². The van der Waals surface area contributed by atoms with Gasteiger partial charge < -0.3 is 19.9 Å². The second-order valence-electron chi connectivity index (χ2n) is 4.35. The lowest BCUT2D eigenvalue weighted by Crippen LogP contribution is -2.36. The summed E-state index contributed by atoms with van der Waals surface area (Å²) < 4.78 is 10.4. The topological polar surface area (TPSA) is 50.7 Å². The molecule has 0 aromatic carbocycles. The Balaban J connectivity index is 3.46. The molecule has 0 aliphatic carbocycles. The van der Waals surface area contributed by atoms with E-state index in [0.717, 1.165) is 12.8 Å². The third-order valence-corrected chi connectivity index (χ3v) is 2.40. The van der Waals surface area contributed by atoms with Crippen molar-refractivity contribution >= 4 is 0 Å². The van der Waals surface area contributed by atoms with Gasteiger partial charge in [0.1, 0.15) is 0 Å². The maximum absolute atomic E-state index is 9.66. The highest BCUT2D eigenvalue weighted by molar-refractivity contribution is 4.65. The molecule has 3 unspecified atom stereocenters. The average molecular weight is 233 g/mol. The maximum Gasteiger partial charge on any atom is 0.0897 e. The van der Waals surface area contributed by atoms with Crippen LogP contribution in [-0.4, -0.2) is 50.2 Å². The van der Waals surface area contributed by atoms with Crippen LogP contribution in [0.25, 0.3) is 0 Å². The predicted molar refractivity (Wildman–Crippen MR) is 65.7 cm³/mol. The van der Waals surface area contributed by atoms with Gasteiger partial charge in [-0.25, -0.2) is 0 Å². The summed E-state index contributed by atoms with van der Waals surface area (Å²) in [5.41, 5.74) is 0. The van der Waals surface area contributed by atoms with Gasteiger partial charge in [-0.2, -0.15) is 0 Å². The molecule has 0 radical (unpaired) electrons. The molecule has 2 N–H and O–H groups in total. The van der Waals surface area contributed by atoms with Gasteiger partial charge in [0.15, 0.2) is 0 Å². The fourth-order valence-corrected chi connectivity index (χ4v) is 1.49. The first-order chi connectivity index (χ1) is 7.60. The fraction of sp³-hybridized carbons (Fsp3) is 1.00. The molecule has 0 aliphatic heterocycles. The molecular formula is C12H27NO3. The molecular weight excluding hydrogens is 206 g/mol. The molecule has 4 heteroatoms. The molecule has 0 heterocycles. The van der Waals surface area contributed by atoms with E-state index in [0.29, 0.717) is 25.8 Å². The highest BCUT2D eigenvalue weighted by Crippen LogP contribution is 1.97. The Morgan fingerprint density at radius 1 is 1.25 bits per heavy atom. The molecule has 0 saturated heterocycles. The van der Waals surface area contributed by atoms with Gasteiger partial charge in [-0.3, -0.25) is 0 Å². The minimum absolute atomic E-state index is 0.0349. The fourth-order valence-electron chi connectivity index (χ4n) is 1.49. The van der Waals surface area contributed by atoms with Gasteiger partial charge in [-0.05, 0) is 20.3 Å². The first kappa shape index (κ1) is 15.8. The lowest BCUT2D eigenvalue weighted by molar-refractivity contribution is -0.0315. The van der Waals surface area contributed by atoms with Gasteiger partial charge >= 0.3 is 0 Å². The number of rotatable bonds is 10. The molecule has 98 valence electrons. The van der Waals surface area contributed by atoms with Crippen molar-refractivity contribution in [3.8, 4) is 0 Å². The van der Waals surface area contributed by atoms with Gasteiger partial charge in [0.05, 0.1) is 25.4 Å². The molecule has 16 heavy (non-hydrogen) atoms. The van der Waals surface area contributed by atoms with Gasteiger partial charge in [0, 0.05) is 19.7 Å². The van der Waals surface area contributed by atoms with Crippen LogP contribution >= 0.6 is 0 Å². The zero-order valence-electron chi connectivity index (χ0n) is 11.0. The van der Waals surface area contributed by atoms with Crippen molar-refractivity contribution in [3.63, 3.8) is 0 Å². The summed E-state index contributed by atoms with van der Waals surface area (Å²) in [7, 11) is 1.64. The molecule has 0 amide bonds. The third-order valence-electron chi connectivity index (χ3n) is 2.40. The van der Waals surface area contributed by atoms with Crippen molar-refractivity contribution in [1.82, 2.24) is 5.32 Å². The molecule has 3 atom stereocenters. The van der Waals surface area contributed by atoms with E-state index in [1.807, 2.05) is 6.92 Å². The second kappa shape index (κ2) is 10.0. The largest absolute Gasteiger partial charge is 0.389 e. The molecule has 0 saturated carbocycles. The van der Waals surface area contributed by atoms with E-state index in [2.05, 4.69) is 19.2 Å². The summed E-state index contributed by atoms with van der Waals surface area (Å²) in [5.74, 6) is 0. The number of aliphatic hydroxyl groups excluding tert-OH is 1. The van der Waals surface area contributed by atoms with Crippen LogP contribution in [-0.2, 0) is 9.47 Å². The lowest BCUT2D eigenvalue weighted by atomic mass is 10.2. The van der Waals surface area contributed by atoms with Gasteiger partial charge in [0.25, 0.3) is 0 Å². The van der Waals surface area contributed by atoms with Crippen molar-refractivity contribution < 1.29 is 14.6 Å². The SMILES string of the molecule is CCCC(C)NCC(O)COC(C)COC. The Labute approximate surface area is 99.3 Å². The molecule has 0 spiro atoms. The molecule has 0 aromatic heterocycles. The van der Waals surface area contributed by atoms with E-state index in [1.165, 1.54) is 0 Å². The van der Waals surface area contributed by atoms with Crippen LogP contribution in [0.3, 0.4) is 0 Å². The molecule has 0 fully saturated rings. The molecule has 0 rings (SSSR count). The summed E-state index contributed by atoms with van der Waals surface area (Å²) in [5, 5.41) is 12.9. The number of methoxy groups -OCH3 is 1. The van der Waals surface area contributed by atoms with Crippen LogP contribution in [0.15, 0.2) is 0 Å². The summed E-state index contributed by atoms with van der Waals surface area (Å²) in [6, 6.07) is 0.455. The molecule has 4 nitrogen and oxygen atoms in total. The second-order valence-corrected chi connectivity index (χ2v) is 4.35. The third kappa shape index (κ3) is 9.09. The van der Waals surface area contributed by atoms with Crippen LogP contribution in [0.4, 0.5) is 0 Å². The number of ether oxygens (including phenoxy) is 2. The van der Waals surface area contributed by atoms with Crippen molar-refractivity contribution in [2.75, 3.05) is 26.9 Å². The van der Waals surface area contributed by atoms with Crippen molar-refractivity contribution in [3.05, 3.63) is 0 Å². The van der Waals surface area contributed by atoms with Crippen LogP contribution < -0.4 is 5.32 Å².